The summed E-state index contributed by atoms with van der Waals surface area (Å²) in [5.41, 5.74) is 1.84. The lowest BCUT2D eigenvalue weighted by Crippen LogP contribution is -2.08. The first kappa shape index (κ1) is 14.4. The highest BCUT2D eigenvalue weighted by Gasteiger charge is 2.11. The fourth-order valence-corrected chi connectivity index (χ4v) is 2.17. The molecular formula is C15H13F3N4. The van der Waals surface area contributed by atoms with E-state index in [9.17, 15) is 13.2 Å². The molecule has 114 valence electrons. The van der Waals surface area contributed by atoms with E-state index < -0.39 is 17.5 Å². The molecule has 2 aromatic heterocycles. The van der Waals surface area contributed by atoms with Crippen molar-refractivity contribution in [1.82, 2.24) is 14.6 Å². The summed E-state index contributed by atoms with van der Waals surface area (Å²) in [5.74, 6) is -3.22. The van der Waals surface area contributed by atoms with Gasteiger partial charge in [0, 0.05) is 24.4 Å². The van der Waals surface area contributed by atoms with Crippen molar-refractivity contribution in [3.63, 3.8) is 0 Å². The monoisotopic (exact) mass is 306 g/mol. The number of halogens is 3. The molecule has 0 aliphatic carbocycles. The third-order valence-electron chi connectivity index (χ3n) is 3.29. The molecular weight excluding hydrogens is 293 g/mol. The molecule has 0 unspecified atom stereocenters. The molecule has 0 aliphatic heterocycles. The third-order valence-corrected chi connectivity index (χ3v) is 3.29. The van der Waals surface area contributed by atoms with Gasteiger partial charge in [-0.3, -0.25) is 0 Å². The van der Waals surface area contributed by atoms with E-state index in [0.717, 1.165) is 24.2 Å². The van der Waals surface area contributed by atoms with E-state index in [4.69, 9.17) is 0 Å². The van der Waals surface area contributed by atoms with Gasteiger partial charge in [0.25, 0.3) is 0 Å². The third kappa shape index (κ3) is 2.61. The summed E-state index contributed by atoms with van der Waals surface area (Å²) in [5, 5.41) is 7.18. The number of rotatable bonds is 4. The first-order valence-electron chi connectivity index (χ1n) is 6.79. The molecule has 1 aromatic carbocycles. The van der Waals surface area contributed by atoms with Crippen LogP contribution >= 0.6 is 0 Å². The van der Waals surface area contributed by atoms with Crippen molar-refractivity contribution in [3.8, 4) is 0 Å². The zero-order valence-electron chi connectivity index (χ0n) is 11.8. The number of nitrogens with one attached hydrogen (secondary N) is 1. The predicted octanol–water partition coefficient (Wildman–Crippen LogP) is 3.32. The zero-order valence-corrected chi connectivity index (χ0v) is 11.8. The van der Waals surface area contributed by atoms with Gasteiger partial charge in [0.15, 0.2) is 23.1 Å². The molecule has 0 amide bonds. The van der Waals surface area contributed by atoms with E-state index in [0.29, 0.717) is 17.0 Å². The summed E-state index contributed by atoms with van der Waals surface area (Å²) in [4.78, 5) is 4.40. The van der Waals surface area contributed by atoms with Crippen LogP contribution in [0.5, 0.6) is 0 Å². The van der Waals surface area contributed by atoms with Crippen molar-refractivity contribution in [3.05, 3.63) is 59.2 Å². The topological polar surface area (TPSA) is 42.2 Å². The van der Waals surface area contributed by atoms with Crippen LogP contribution in [0, 0.1) is 17.5 Å². The highest BCUT2D eigenvalue weighted by molar-refractivity contribution is 5.49. The van der Waals surface area contributed by atoms with Crippen LogP contribution in [0.15, 0.2) is 30.5 Å². The van der Waals surface area contributed by atoms with Crippen molar-refractivity contribution in [1.29, 1.82) is 0 Å². The van der Waals surface area contributed by atoms with E-state index in [1.165, 1.54) is 0 Å². The summed E-state index contributed by atoms with van der Waals surface area (Å²) in [6, 6.07) is 5.51. The summed E-state index contributed by atoms with van der Waals surface area (Å²) in [7, 11) is 0. The number of aromatic nitrogens is 3. The smallest absolute Gasteiger partial charge is 0.194 e. The van der Waals surface area contributed by atoms with Gasteiger partial charge in [-0.1, -0.05) is 6.92 Å². The van der Waals surface area contributed by atoms with E-state index in [1.807, 2.05) is 13.0 Å². The standard InChI is InChI=1S/C15H13F3N4/c1-2-10-7-14(22-13(21-10)3-4-20-22)19-8-9-5-11(16)15(18)12(17)6-9/h3-7,19H,2,8H2,1H3. The Kier molecular flexibility index (Phi) is 3.70. The Morgan fingerprint density at radius 2 is 1.86 bits per heavy atom. The Hall–Kier alpha value is -2.57. The van der Waals surface area contributed by atoms with Gasteiger partial charge >= 0.3 is 0 Å². The van der Waals surface area contributed by atoms with Crippen molar-refractivity contribution in [2.45, 2.75) is 19.9 Å². The highest BCUT2D eigenvalue weighted by Crippen LogP contribution is 2.17. The lowest BCUT2D eigenvalue weighted by atomic mass is 10.2. The molecule has 0 saturated heterocycles. The Balaban J connectivity index is 1.89. The Morgan fingerprint density at radius 1 is 1.14 bits per heavy atom. The molecule has 7 heteroatoms. The minimum absolute atomic E-state index is 0.135. The van der Waals surface area contributed by atoms with Gasteiger partial charge < -0.3 is 5.32 Å². The minimum atomic E-state index is -1.46. The van der Waals surface area contributed by atoms with Crippen LogP contribution in [0.25, 0.3) is 5.65 Å². The molecule has 0 spiro atoms. The fraction of sp³-hybridized carbons (Fsp3) is 0.200. The van der Waals surface area contributed by atoms with Gasteiger partial charge in [-0.05, 0) is 24.1 Å². The molecule has 3 aromatic rings. The van der Waals surface area contributed by atoms with E-state index in [-0.39, 0.29) is 6.54 Å². The molecule has 1 N–H and O–H groups in total. The largest absolute Gasteiger partial charge is 0.366 e. The van der Waals surface area contributed by atoms with E-state index in [1.54, 1.807) is 16.8 Å². The zero-order chi connectivity index (χ0) is 15.7. The predicted molar refractivity (Wildman–Crippen MR) is 76.0 cm³/mol. The average molecular weight is 306 g/mol. The molecule has 0 saturated carbocycles. The van der Waals surface area contributed by atoms with Gasteiger partial charge in [0.2, 0.25) is 0 Å². The Bertz CT molecular complexity index is 806. The molecule has 0 radical (unpaired) electrons. The first-order chi connectivity index (χ1) is 10.6. The Morgan fingerprint density at radius 3 is 2.55 bits per heavy atom. The second-order valence-electron chi connectivity index (χ2n) is 4.81. The maximum atomic E-state index is 13.2. The molecule has 0 bridgehead atoms. The van der Waals surface area contributed by atoms with Crippen LogP contribution in [0.3, 0.4) is 0 Å². The van der Waals surface area contributed by atoms with Crippen molar-refractivity contribution in [2.75, 3.05) is 5.32 Å². The second kappa shape index (κ2) is 5.67. The minimum Gasteiger partial charge on any atom is -0.366 e. The van der Waals surface area contributed by atoms with Crippen molar-refractivity contribution >= 4 is 11.5 Å². The summed E-state index contributed by atoms with van der Waals surface area (Å²) < 4.78 is 41.0. The molecule has 0 atom stereocenters. The lowest BCUT2D eigenvalue weighted by Gasteiger charge is -2.10. The normalized spacial score (nSPS) is 11.1. The first-order valence-corrected chi connectivity index (χ1v) is 6.79. The molecule has 0 aliphatic rings. The second-order valence-corrected chi connectivity index (χ2v) is 4.81. The number of anilines is 1. The summed E-state index contributed by atoms with van der Waals surface area (Å²) in [6.45, 7) is 2.11. The summed E-state index contributed by atoms with van der Waals surface area (Å²) in [6.07, 6.45) is 2.36. The number of aryl methyl sites for hydroxylation is 1. The number of hydrogen-bond donors (Lipinski definition) is 1. The summed E-state index contributed by atoms with van der Waals surface area (Å²) >= 11 is 0. The quantitative estimate of drug-likeness (QED) is 0.752. The van der Waals surface area contributed by atoms with E-state index >= 15 is 0 Å². The van der Waals surface area contributed by atoms with Gasteiger partial charge in [0.1, 0.15) is 5.82 Å². The van der Waals surface area contributed by atoms with Crippen molar-refractivity contribution in [2.24, 2.45) is 0 Å². The Labute approximate surface area is 124 Å². The van der Waals surface area contributed by atoms with Crippen LogP contribution < -0.4 is 5.32 Å². The molecule has 3 rings (SSSR count). The molecule has 0 fully saturated rings. The number of nitrogens with zero attached hydrogens (tertiary/aromatic N) is 3. The molecule has 2 heterocycles. The maximum Gasteiger partial charge on any atom is 0.194 e. The fourth-order valence-electron chi connectivity index (χ4n) is 2.17. The average Bonchev–Trinajstić information content (AvgIpc) is 2.98. The van der Waals surface area contributed by atoms with Gasteiger partial charge in [0.05, 0.1) is 6.20 Å². The molecule has 4 nitrogen and oxygen atoms in total. The number of hydrogen-bond acceptors (Lipinski definition) is 3. The SMILES string of the molecule is CCc1cc(NCc2cc(F)c(F)c(F)c2)n2nccc2n1. The van der Waals surface area contributed by atoms with Gasteiger partial charge in [-0.15, -0.1) is 0 Å². The van der Waals surface area contributed by atoms with Gasteiger partial charge in [-0.25, -0.2) is 18.2 Å². The number of fused-ring (bicyclic) bond motifs is 1. The van der Waals surface area contributed by atoms with Gasteiger partial charge in [-0.2, -0.15) is 9.61 Å². The highest BCUT2D eigenvalue weighted by atomic mass is 19.2. The van der Waals surface area contributed by atoms with Crippen LogP contribution in [0.2, 0.25) is 0 Å². The lowest BCUT2D eigenvalue weighted by molar-refractivity contribution is 0.445. The van der Waals surface area contributed by atoms with Crippen LogP contribution in [-0.4, -0.2) is 14.6 Å². The van der Waals surface area contributed by atoms with Crippen LogP contribution in [0.1, 0.15) is 18.2 Å². The maximum absolute atomic E-state index is 13.2. The van der Waals surface area contributed by atoms with Crippen LogP contribution in [0.4, 0.5) is 19.0 Å². The van der Waals surface area contributed by atoms with E-state index in [2.05, 4.69) is 15.4 Å². The molecule has 22 heavy (non-hydrogen) atoms. The van der Waals surface area contributed by atoms with Crippen molar-refractivity contribution < 1.29 is 13.2 Å². The number of benzene rings is 1. The van der Waals surface area contributed by atoms with Crippen LogP contribution in [-0.2, 0) is 13.0 Å².